The molecule has 2 nitrogen and oxygen atoms in total. The van der Waals surface area contributed by atoms with E-state index in [1.807, 2.05) is 42.5 Å². The molecular formula is C18H17ClN2. The van der Waals surface area contributed by atoms with Crippen LogP contribution in [0.15, 0.2) is 60.7 Å². The molecule has 3 rings (SSSR count). The van der Waals surface area contributed by atoms with Gasteiger partial charge in [0.05, 0.1) is 5.52 Å². The Kier molecular flexibility index (Phi) is 4.18. The van der Waals surface area contributed by atoms with Gasteiger partial charge in [0.2, 0.25) is 0 Å². The summed E-state index contributed by atoms with van der Waals surface area (Å²) in [6.45, 7) is 0. The fourth-order valence-electron chi connectivity index (χ4n) is 2.49. The fraction of sp³-hybridized carbons (Fsp3) is 0.167. The van der Waals surface area contributed by atoms with Crippen LogP contribution in [-0.2, 0) is 12.8 Å². The lowest BCUT2D eigenvalue weighted by molar-refractivity contribution is 0.656. The van der Waals surface area contributed by atoms with Crippen molar-refractivity contribution in [2.24, 2.45) is 5.73 Å². The van der Waals surface area contributed by atoms with Crippen LogP contribution in [0.1, 0.15) is 11.3 Å². The Bertz CT molecular complexity index is 738. The minimum atomic E-state index is 0.0554. The first kappa shape index (κ1) is 14.1. The highest BCUT2D eigenvalue weighted by Gasteiger charge is 2.07. The predicted octanol–water partition coefficient (Wildman–Crippen LogP) is 4.00. The van der Waals surface area contributed by atoms with Gasteiger partial charge in [0, 0.05) is 28.6 Å². The summed E-state index contributed by atoms with van der Waals surface area (Å²) in [7, 11) is 0. The molecule has 1 unspecified atom stereocenters. The van der Waals surface area contributed by atoms with Crippen LogP contribution in [0.3, 0.4) is 0 Å². The van der Waals surface area contributed by atoms with Gasteiger partial charge in [0.1, 0.15) is 0 Å². The summed E-state index contributed by atoms with van der Waals surface area (Å²) in [6, 6.07) is 20.2. The second kappa shape index (κ2) is 6.25. The van der Waals surface area contributed by atoms with Gasteiger partial charge in [-0.05, 0) is 36.2 Å². The second-order valence-corrected chi connectivity index (χ2v) is 5.73. The molecule has 0 aliphatic rings. The van der Waals surface area contributed by atoms with Gasteiger partial charge in [0.15, 0.2) is 0 Å². The van der Waals surface area contributed by atoms with Crippen LogP contribution in [0.2, 0.25) is 5.02 Å². The van der Waals surface area contributed by atoms with Crippen LogP contribution in [-0.4, -0.2) is 11.0 Å². The topological polar surface area (TPSA) is 38.9 Å². The van der Waals surface area contributed by atoms with Gasteiger partial charge in [-0.15, -0.1) is 0 Å². The van der Waals surface area contributed by atoms with E-state index >= 15 is 0 Å². The lowest BCUT2D eigenvalue weighted by atomic mass is 10.0. The highest BCUT2D eigenvalue weighted by atomic mass is 35.5. The molecular weight excluding hydrogens is 280 g/mol. The first-order chi connectivity index (χ1) is 10.2. The quantitative estimate of drug-likeness (QED) is 0.790. The molecule has 1 aromatic heterocycles. The van der Waals surface area contributed by atoms with Gasteiger partial charge < -0.3 is 5.73 Å². The number of halogens is 1. The molecule has 106 valence electrons. The van der Waals surface area contributed by atoms with Crippen molar-refractivity contribution in [2.45, 2.75) is 18.9 Å². The van der Waals surface area contributed by atoms with Crippen molar-refractivity contribution >= 4 is 22.5 Å². The average Bonchev–Trinajstić information content (AvgIpc) is 2.49. The third-order valence-electron chi connectivity index (χ3n) is 3.54. The van der Waals surface area contributed by atoms with Crippen molar-refractivity contribution in [2.75, 3.05) is 0 Å². The Morgan fingerprint density at radius 2 is 1.67 bits per heavy atom. The predicted molar refractivity (Wildman–Crippen MR) is 88.6 cm³/mol. The number of nitrogens with zero attached hydrogens (tertiary/aromatic N) is 1. The van der Waals surface area contributed by atoms with Crippen LogP contribution in [0.5, 0.6) is 0 Å². The maximum atomic E-state index is 6.25. The monoisotopic (exact) mass is 296 g/mol. The summed E-state index contributed by atoms with van der Waals surface area (Å²) in [4.78, 5) is 4.67. The molecule has 1 atom stereocenters. The minimum Gasteiger partial charge on any atom is -0.327 e. The first-order valence-electron chi connectivity index (χ1n) is 7.05. The maximum Gasteiger partial charge on any atom is 0.0705 e. The maximum absolute atomic E-state index is 6.25. The van der Waals surface area contributed by atoms with E-state index in [4.69, 9.17) is 17.3 Å². The smallest absolute Gasteiger partial charge is 0.0705 e. The molecule has 3 aromatic rings. The van der Waals surface area contributed by atoms with Gasteiger partial charge in [-0.25, -0.2) is 0 Å². The summed E-state index contributed by atoms with van der Waals surface area (Å²) in [5.41, 5.74) is 9.51. The number of pyridine rings is 1. The molecule has 0 radical (unpaired) electrons. The van der Waals surface area contributed by atoms with Crippen LogP contribution >= 0.6 is 11.6 Å². The molecule has 0 saturated heterocycles. The van der Waals surface area contributed by atoms with Gasteiger partial charge in [-0.3, -0.25) is 4.98 Å². The van der Waals surface area contributed by atoms with E-state index in [9.17, 15) is 0 Å². The van der Waals surface area contributed by atoms with Gasteiger partial charge in [-0.2, -0.15) is 0 Å². The number of hydrogen-bond acceptors (Lipinski definition) is 2. The second-order valence-electron chi connectivity index (χ2n) is 5.29. The number of fused-ring (bicyclic) bond motifs is 1. The number of para-hydroxylation sites is 1. The third-order valence-corrected chi connectivity index (χ3v) is 3.79. The summed E-state index contributed by atoms with van der Waals surface area (Å²) >= 11 is 5.89. The molecule has 21 heavy (non-hydrogen) atoms. The van der Waals surface area contributed by atoms with Gasteiger partial charge in [0.25, 0.3) is 0 Å². The lowest BCUT2D eigenvalue weighted by Gasteiger charge is -2.12. The van der Waals surface area contributed by atoms with Crippen molar-refractivity contribution < 1.29 is 0 Å². The molecule has 0 saturated carbocycles. The zero-order chi connectivity index (χ0) is 14.7. The normalized spacial score (nSPS) is 12.5. The highest BCUT2D eigenvalue weighted by molar-refractivity contribution is 6.30. The first-order valence-corrected chi connectivity index (χ1v) is 7.43. The number of benzene rings is 2. The zero-order valence-electron chi connectivity index (χ0n) is 11.7. The van der Waals surface area contributed by atoms with Crippen LogP contribution in [0.4, 0.5) is 0 Å². The summed E-state index contributed by atoms with van der Waals surface area (Å²) in [5.74, 6) is 0. The van der Waals surface area contributed by atoms with Gasteiger partial charge >= 0.3 is 0 Å². The van der Waals surface area contributed by atoms with E-state index in [0.29, 0.717) is 0 Å². The van der Waals surface area contributed by atoms with E-state index in [1.165, 1.54) is 5.56 Å². The van der Waals surface area contributed by atoms with E-state index in [1.54, 1.807) is 0 Å². The fourth-order valence-corrected chi connectivity index (χ4v) is 2.61. The van der Waals surface area contributed by atoms with E-state index in [2.05, 4.69) is 23.2 Å². The molecule has 2 N–H and O–H groups in total. The van der Waals surface area contributed by atoms with Crippen LogP contribution in [0, 0.1) is 0 Å². The third kappa shape index (κ3) is 3.60. The van der Waals surface area contributed by atoms with Crippen LogP contribution in [0.25, 0.3) is 10.9 Å². The van der Waals surface area contributed by atoms with Crippen molar-refractivity contribution in [1.82, 2.24) is 4.98 Å². The molecule has 3 heteroatoms. The largest absolute Gasteiger partial charge is 0.327 e. The Balaban J connectivity index is 1.70. The molecule has 0 aliphatic carbocycles. The van der Waals surface area contributed by atoms with Crippen molar-refractivity contribution in [3.8, 4) is 0 Å². The van der Waals surface area contributed by atoms with Crippen molar-refractivity contribution in [3.63, 3.8) is 0 Å². The molecule has 0 fully saturated rings. The lowest BCUT2D eigenvalue weighted by Crippen LogP contribution is -2.25. The van der Waals surface area contributed by atoms with E-state index in [-0.39, 0.29) is 6.04 Å². The molecule has 0 bridgehead atoms. The minimum absolute atomic E-state index is 0.0554. The number of nitrogens with two attached hydrogens (primary N) is 1. The summed E-state index contributed by atoms with van der Waals surface area (Å²) < 4.78 is 0. The molecule has 1 heterocycles. The zero-order valence-corrected chi connectivity index (χ0v) is 12.4. The molecule has 0 amide bonds. The molecule has 2 aromatic carbocycles. The SMILES string of the molecule is NC(Cc1ccc(Cl)cc1)Cc1ccc2ccccc2n1. The standard InChI is InChI=1S/C18H17ClN2/c19-15-8-5-13(6-9-15)11-16(20)12-17-10-7-14-3-1-2-4-18(14)21-17/h1-10,16H,11-12,20H2. The van der Waals surface area contributed by atoms with Crippen molar-refractivity contribution in [1.29, 1.82) is 0 Å². The van der Waals surface area contributed by atoms with Crippen molar-refractivity contribution in [3.05, 3.63) is 76.9 Å². The number of rotatable bonds is 4. The van der Waals surface area contributed by atoms with Crippen LogP contribution < -0.4 is 5.73 Å². The Labute approximate surface area is 129 Å². The Morgan fingerprint density at radius 3 is 2.48 bits per heavy atom. The summed E-state index contributed by atoms with van der Waals surface area (Å²) in [6.07, 6.45) is 1.60. The molecule has 0 spiro atoms. The van der Waals surface area contributed by atoms with E-state index in [0.717, 1.165) is 34.5 Å². The van der Waals surface area contributed by atoms with Gasteiger partial charge in [-0.1, -0.05) is 48.0 Å². The Hall–Kier alpha value is -1.90. The average molecular weight is 297 g/mol. The molecule has 0 aliphatic heterocycles. The number of hydrogen-bond donors (Lipinski definition) is 1. The summed E-state index contributed by atoms with van der Waals surface area (Å²) in [5, 5.41) is 1.91. The van der Waals surface area contributed by atoms with E-state index < -0.39 is 0 Å². The number of aromatic nitrogens is 1. The Morgan fingerprint density at radius 1 is 0.905 bits per heavy atom. The highest BCUT2D eigenvalue weighted by Crippen LogP contribution is 2.14.